The van der Waals surface area contributed by atoms with Crippen molar-refractivity contribution in [3.63, 3.8) is 0 Å². The van der Waals surface area contributed by atoms with Gasteiger partial charge < -0.3 is 15.7 Å². The van der Waals surface area contributed by atoms with Crippen LogP contribution in [0.3, 0.4) is 0 Å². The highest BCUT2D eigenvalue weighted by molar-refractivity contribution is 5.82. The van der Waals surface area contributed by atoms with Crippen LogP contribution < -0.4 is 10.6 Å². The molecule has 0 saturated carbocycles. The molecule has 7 heteroatoms. The lowest BCUT2D eigenvalue weighted by Gasteiger charge is -2.12. The standard InChI is InChI=1S/C11H18N4O3/c1-4-9(10(16)17)13-11(18)12-5-8-6-15(3)14-7(8)2/h6,9H,4-5H2,1-3H3,(H,16,17)(H2,12,13,18). The Morgan fingerprint density at radius 3 is 2.67 bits per heavy atom. The van der Waals surface area contributed by atoms with Crippen LogP contribution in [0.25, 0.3) is 0 Å². The molecule has 0 aliphatic carbocycles. The van der Waals surface area contributed by atoms with Gasteiger partial charge in [0.25, 0.3) is 0 Å². The number of rotatable bonds is 5. The van der Waals surface area contributed by atoms with Gasteiger partial charge in [-0.25, -0.2) is 9.59 Å². The second kappa shape index (κ2) is 6.04. The topological polar surface area (TPSA) is 96.3 Å². The van der Waals surface area contributed by atoms with Gasteiger partial charge in [0.2, 0.25) is 0 Å². The van der Waals surface area contributed by atoms with E-state index < -0.39 is 18.0 Å². The molecule has 3 N–H and O–H groups in total. The summed E-state index contributed by atoms with van der Waals surface area (Å²) >= 11 is 0. The largest absolute Gasteiger partial charge is 0.480 e. The maximum absolute atomic E-state index is 11.5. The second-order valence-electron chi connectivity index (χ2n) is 4.04. The molecule has 0 spiro atoms. The molecule has 18 heavy (non-hydrogen) atoms. The Hall–Kier alpha value is -2.05. The van der Waals surface area contributed by atoms with Crippen LogP contribution in [0, 0.1) is 6.92 Å². The van der Waals surface area contributed by atoms with Crippen molar-refractivity contribution in [1.82, 2.24) is 20.4 Å². The van der Waals surface area contributed by atoms with Crippen LogP contribution in [0.15, 0.2) is 6.20 Å². The Morgan fingerprint density at radius 1 is 1.56 bits per heavy atom. The summed E-state index contributed by atoms with van der Waals surface area (Å²) in [5, 5.41) is 17.9. The lowest BCUT2D eigenvalue weighted by molar-refractivity contribution is -0.139. The van der Waals surface area contributed by atoms with Crippen molar-refractivity contribution in [2.24, 2.45) is 7.05 Å². The summed E-state index contributed by atoms with van der Waals surface area (Å²) in [6.07, 6.45) is 2.15. The van der Waals surface area contributed by atoms with Crippen molar-refractivity contribution >= 4 is 12.0 Å². The number of carbonyl (C=O) groups excluding carboxylic acids is 1. The molecule has 0 aromatic carbocycles. The molecule has 1 heterocycles. The lowest BCUT2D eigenvalue weighted by Crippen LogP contribution is -2.45. The molecule has 1 atom stereocenters. The smallest absolute Gasteiger partial charge is 0.326 e. The van der Waals surface area contributed by atoms with Crippen molar-refractivity contribution in [3.8, 4) is 0 Å². The Balaban J connectivity index is 2.46. The summed E-state index contributed by atoms with van der Waals surface area (Å²) in [4.78, 5) is 22.2. The van der Waals surface area contributed by atoms with Gasteiger partial charge in [-0.1, -0.05) is 6.92 Å². The Morgan fingerprint density at radius 2 is 2.22 bits per heavy atom. The molecule has 0 aliphatic rings. The van der Waals surface area contributed by atoms with Crippen LogP contribution in [0.4, 0.5) is 4.79 Å². The van der Waals surface area contributed by atoms with Crippen LogP contribution in [0.5, 0.6) is 0 Å². The molecule has 1 rings (SSSR count). The molecule has 0 fully saturated rings. The van der Waals surface area contributed by atoms with Crippen molar-refractivity contribution in [1.29, 1.82) is 0 Å². The first kappa shape index (κ1) is 14.0. The third-order valence-corrected chi connectivity index (χ3v) is 2.57. The molecular weight excluding hydrogens is 236 g/mol. The van der Waals surface area contributed by atoms with E-state index in [0.29, 0.717) is 13.0 Å². The monoisotopic (exact) mass is 254 g/mol. The van der Waals surface area contributed by atoms with Gasteiger partial charge in [0.05, 0.1) is 5.69 Å². The number of hydrogen-bond donors (Lipinski definition) is 3. The fourth-order valence-corrected chi connectivity index (χ4v) is 1.55. The average molecular weight is 254 g/mol. The molecule has 0 bridgehead atoms. The van der Waals surface area contributed by atoms with Crippen molar-refractivity contribution < 1.29 is 14.7 Å². The van der Waals surface area contributed by atoms with Crippen molar-refractivity contribution in [2.75, 3.05) is 0 Å². The summed E-state index contributed by atoms with van der Waals surface area (Å²) in [5.41, 5.74) is 1.74. The van der Waals surface area contributed by atoms with Gasteiger partial charge in [-0.05, 0) is 13.3 Å². The molecule has 1 aromatic rings. The van der Waals surface area contributed by atoms with E-state index in [9.17, 15) is 9.59 Å². The molecule has 0 saturated heterocycles. The van der Waals surface area contributed by atoms with Crippen molar-refractivity contribution in [2.45, 2.75) is 32.9 Å². The third kappa shape index (κ3) is 3.76. The Labute approximate surface area is 105 Å². The van der Waals surface area contributed by atoms with E-state index in [1.54, 1.807) is 18.7 Å². The number of aromatic nitrogens is 2. The molecule has 7 nitrogen and oxygen atoms in total. The predicted octanol–water partition coefficient (Wildman–Crippen LogP) is 0.391. The minimum Gasteiger partial charge on any atom is -0.480 e. The number of aryl methyl sites for hydroxylation is 2. The van der Waals surface area contributed by atoms with E-state index in [1.165, 1.54) is 0 Å². The van der Waals surface area contributed by atoms with Gasteiger partial charge in [-0.15, -0.1) is 0 Å². The molecule has 0 radical (unpaired) electrons. The fourth-order valence-electron chi connectivity index (χ4n) is 1.55. The maximum atomic E-state index is 11.5. The highest BCUT2D eigenvalue weighted by Crippen LogP contribution is 2.03. The van der Waals surface area contributed by atoms with E-state index >= 15 is 0 Å². The lowest BCUT2D eigenvalue weighted by atomic mass is 10.2. The quantitative estimate of drug-likeness (QED) is 0.708. The van der Waals surface area contributed by atoms with Crippen molar-refractivity contribution in [3.05, 3.63) is 17.5 Å². The number of aliphatic carboxylic acids is 1. The highest BCUT2D eigenvalue weighted by atomic mass is 16.4. The second-order valence-corrected chi connectivity index (χ2v) is 4.04. The average Bonchev–Trinajstić information content (AvgIpc) is 2.61. The van der Waals surface area contributed by atoms with Gasteiger partial charge in [-0.3, -0.25) is 4.68 Å². The van der Waals surface area contributed by atoms with Crippen LogP contribution in [0.2, 0.25) is 0 Å². The number of carboxylic acid groups (broad SMARTS) is 1. The molecule has 0 aliphatic heterocycles. The zero-order chi connectivity index (χ0) is 13.7. The minimum absolute atomic E-state index is 0.321. The number of nitrogens with zero attached hydrogens (tertiary/aromatic N) is 2. The number of carbonyl (C=O) groups is 2. The van der Waals surface area contributed by atoms with Crippen LogP contribution in [-0.4, -0.2) is 32.9 Å². The number of nitrogens with one attached hydrogen (secondary N) is 2. The Kier molecular flexibility index (Phi) is 4.70. The minimum atomic E-state index is -1.04. The van der Waals surface area contributed by atoms with Gasteiger partial charge in [-0.2, -0.15) is 5.10 Å². The maximum Gasteiger partial charge on any atom is 0.326 e. The first-order valence-corrected chi connectivity index (χ1v) is 5.70. The van der Waals surface area contributed by atoms with E-state index in [1.807, 2.05) is 13.1 Å². The Bertz CT molecular complexity index is 441. The van der Waals surface area contributed by atoms with E-state index in [0.717, 1.165) is 11.3 Å². The zero-order valence-electron chi connectivity index (χ0n) is 10.7. The fraction of sp³-hybridized carbons (Fsp3) is 0.545. The molecule has 1 unspecified atom stereocenters. The summed E-state index contributed by atoms with van der Waals surface area (Å²) in [5.74, 6) is -1.04. The first-order valence-electron chi connectivity index (χ1n) is 5.70. The SMILES string of the molecule is CCC(NC(=O)NCc1cn(C)nc1C)C(=O)O. The first-order chi connectivity index (χ1) is 8.43. The summed E-state index contributed by atoms with van der Waals surface area (Å²) in [6, 6.07) is -1.35. The van der Waals surface area contributed by atoms with Gasteiger partial charge in [0.1, 0.15) is 6.04 Å². The number of carboxylic acids is 1. The van der Waals surface area contributed by atoms with E-state index in [-0.39, 0.29) is 0 Å². The van der Waals surface area contributed by atoms with Crippen LogP contribution in [0.1, 0.15) is 24.6 Å². The van der Waals surface area contributed by atoms with Gasteiger partial charge in [0.15, 0.2) is 0 Å². The van der Waals surface area contributed by atoms with Crippen LogP contribution in [-0.2, 0) is 18.4 Å². The zero-order valence-corrected chi connectivity index (χ0v) is 10.7. The highest BCUT2D eigenvalue weighted by Gasteiger charge is 2.17. The summed E-state index contributed by atoms with van der Waals surface area (Å²) in [6.45, 7) is 3.87. The number of hydrogen-bond acceptors (Lipinski definition) is 3. The summed E-state index contributed by atoms with van der Waals surface area (Å²) in [7, 11) is 1.80. The van der Waals surface area contributed by atoms with Crippen LogP contribution >= 0.6 is 0 Å². The predicted molar refractivity (Wildman–Crippen MR) is 65.0 cm³/mol. The van der Waals surface area contributed by atoms with E-state index in [4.69, 9.17) is 5.11 Å². The van der Waals surface area contributed by atoms with Gasteiger partial charge >= 0.3 is 12.0 Å². The molecular formula is C11H18N4O3. The molecule has 1 aromatic heterocycles. The molecule has 100 valence electrons. The normalized spacial score (nSPS) is 11.9. The number of amides is 2. The summed E-state index contributed by atoms with van der Waals surface area (Å²) < 4.78 is 1.66. The molecule has 2 amide bonds. The van der Waals surface area contributed by atoms with E-state index in [2.05, 4.69) is 15.7 Å². The van der Waals surface area contributed by atoms with Gasteiger partial charge in [0, 0.05) is 25.4 Å². The number of urea groups is 1. The third-order valence-electron chi connectivity index (χ3n) is 2.57.